The van der Waals surface area contributed by atoms with E-state index < -0.39 is 6.10 Å². The van der Waals surface area contributed by atoms with Crippen molar-refractivity contribution in [2.45, 2.75) is 33.4 Å². The number of rotatable bonds is 9. The van der Waals surface area contributed by atoms with Gasteiger partial charge in [-0.1, -0.05) is 24.3 Å². The quantitative estimate of drug-likeness (QED) is 0.756. The van der Waals surface area contributed by atoms with Crippen molar-refractivity contribution in [1.29, 1.82) is 0 Å². The summed E-state index contributed by atoms with van der Waals surface area (Å²) in [5.41, 5.74) is 0.937. The van der Waals surface area contributed by atoms with Crippen molar-refractivity contribution in [1.82, 2.24) is 5.32 Å². The van der Waals surface area contributed by atoms with E-state index in [1.807, 2.05) is 62.4 Å². The molecule has 0 aliphatic carbocycles. The molecule has 2 aromatic carbocycles. The summed E-state index contributed by atoms with van der Waals surface area (Å²) in [5, 5.41) is 2.88. The largest absolute Gasteiger partial charge is 0.490 e. The number of ether oxygens (including phenoxy) is 3. The summed E-state index contributed by atoms with van der Waals surface area (Å²) in [6, 6.07) is 15.0. The van der Waals surface area contributed by atoms with Gasteiger partial charge < -0.3 is 19.5 Å². The summed E-state index contributed by atoms with van der Waals surface area (Å²) in [6.45, 7) is 7.10. The van der Waals surface area contributed by atoms with Gasteiger partial charge in [-0.05, 0) is 50.6 Å². The summed E-state index contributed by atoms with van der Waals surface area (Å²) in [6.07, 6.45) is -0.573. The second kappa shape index (κ2) is 9.57. The first-order valence-electron chi connectivity index (χ1n) is 8.52. The molecule has 0 heterocycles. The first kappa shape index (κ1) is 18.6. The van der Waals surface area contributed by atoms with E-state index in [-0.39, 0.29) is 5.91 Å². The van der Waals surface area contributed by atoms with Crippen molar-refractivity contribution < 1.29 is 19.0 Å². The van der Waals surface area contributed by atoms with Gasteiger partial charge in [-0.2, -0.15) is 0 Å². The lowest BCUT2D eigenvalue weighted by Crippen LogP contribution is -2.35. The number of amides is 1. The summed E-state index contributed by atoms with van der Waals surface area (Å²) < 4.78 is 16.8. The standard InChI is InChI=1S/C20H25NO4/c1-4-23-18-12-11-16(13-19(18)24-5-2)14-21-20(22)15(3)25-17-9-7-6-8-10-17/h6-13,15H,4-5,14H2,1-3H3,(H,21,22). The predicted molar refractivity (Wildman–Crippen MR) is 97.2 cm³/mol. The third-order valence-electron chi connectivity index (χ3n) is 3.50. The van der Waals surface area contributed by atoms with Gasteiger partial charge in [0.1, 0.15) is 5.75 Å². The van der Waals surface area contributed by atoms with E-state index in [4.69, 9.17) is 14.2 Å². The van der Waals surface area contributed by atoms with Crippen molar-refractivity contribution in [3.63, 3.8) is 0 Å². The van der Waals surface area contributed by atoms with Gasteiger partial charge in [-0.15, -0.1) is 0 Å². The van der Waals surface area contributed by atoms with E-state index >= 15 is 0 Å². The molecular formula is C20H25NO4. The van der Waals surface area contributed by atoms with Crippen LogP contribution in [0.25, 0.3) is 0 Å². The maximum absolute atomic E-state index is 12.2. The molecule has 25 heavy (non-hydrogen) atoms. The monoisotopic (exact) mass is 343 g/mol. The van der Waals surface area contributed by atoms with Crippen LogP contribution in [-0.2, 0) is 11.3 Å². The lowest BCUT2D eigenvalue weighted by Gasteiger charge is -2.16. The van der Waals surface area contributed by atoms with Crippen LogP contribution in [0.2, 0.25) is 0 Å². The highest BCUT2D eigenvalue weighted by atomic mass is 16.5. The molecule has 0 aliphatic rings. The zero-order valence-electron chi connectivity index (χ0n) is 15.0. The Morgan fingerprint density at radius 1 is 1.00 bits per heavy atom. The van der Waals surface area contributed by atoms with E-state index in [1.54, 1.807) is 6.92 Å². The molecule has 0 aliphatic heterocycles. The SMILES string of the molecule is CCOc1ccc(CNC(=O)C(C)Oc2ccccc2)cc1OCC. The highest BCUT2D eigenvalue weighted by Crippen LogP contribution is 2.28. The fraction of sp³-hybridized carbons (Fsp3) is 0.350. The molecule has 0 spiro atoms. The maximum atomic E-state index is 12.2. The van der Waals surface area contributed by atoms with E-state index in [2.05, 4.69) is 5.32 Å². The third kappa shape index (κ3) is 5.71. The smallest absolute Gasteiger partial charge is 0.261 e. The number of carbonyl (C=O) groups is 1. The number of hydrogen-bond acceptors (Lipinski definition) is 4. The van der Waals surface area contributed by atoms with Crippen LogP contribution in [0, 0.1) is 0 Å². The summed E-state index contributed by atoms with van der Waals surface area (Å²) in [4.78, 5) is 12.2. The first-order valence-corrected chi connectivity index (χ1v) is 8.52. The molecule has 0 aromatic heterocycles. The highest BCUT2D eigenvalue weighted by Gasteiger charge is 2.14. The number of benzene rings is 2. The minimum Gasteiger partial charge on any atom is -0.490 e. The van der Waals surface area contributed by atoms with Crippen LogP contribution in [0.3, 0.4) is 0 Å². The van der Waals surface area contributed by atoms with Gasteiger partial charge in [0.05, 0.1) is 13.2 Å². The fourth-order valence-electron chi connectivity index (χ4n) is 2.30. The molecule has 1 unspecified atom stereocenters. The van der Waals surface area contributed by atoms with Gasteiger partial charge >= 0.3 is 0 Å². The topological polar surface area (TPSA) is 56.8 Å². The van der Waals surface area contributed by atoms with Crippen LogP contribution in [0.1, 0.15) is 26.3 Å². The number of hydrogen-bond donors (Lipinski definition) is 1. The Hall–Kier alpha value is -2.69. The lowest BCUT2D eigenvalue weighted by atomic mass is 10.2. The van der Waals surface area contributed by atoms with Crippen molar-refractivity contribution in [2.24, 2.45) is 0 Å². The summed E-state index contributed by atoms with van der Waals surface area (Å²) in [5.74, 6) is 1.89. The maximum Gasteiger partial charge on any atom is 0.261 e. The van der Waals surface area contributed by atoms with E-state index in [1.165, 1.54) is 0 Å². The minimum atomic E-state index is -0.573. The molecule has 1 N–H and O–H groups in total. The van der Waals surface area contributed by atoms with E-state index in [9.17, 15) is 4.79 Å². The molecular weight excluding hydrogens is 318 g/mol. The molecule has 2 aromatic rings. The third-order valence-corrected chi connectivity index (χ3v) is 3.50. The Morgan fingerprint density at radius 2 is 1.68 bits per heavy atom. The van der Waals surface area contributed by atoms with Gasteiger partial charge in [0.25, 0.3) is 5.91 Å². The van der Waals surface area contributed by atoms with Crippen LogP contribution in [-0.4, -0.2) is 25.2 Å². The van der Waals surface area contributed by atoms with Gasteiger partial charge in [0.2, 0.25) is 0 Å². The van der Waals surface area contributed by atoms with Crippen LogP contribution in [0.5, 0.6) is 17.2 Å². The average Bonchev–Trinajstić information content (AvgIpc) is 2.62. The number of para-hydroxylation sites is 1. The van der Waals surface area contributed by atoms with Crippen LogP contribution >= 0.6 is 0 Å². The Bertz CT molecular complexity index is 673. The Labute approximate surface area is 148 Å². The fourth-order valence-corrected chi connectivity index (χ4v) is 2.30. The molecule has 1 atom stereocenters. The molecule has 5 nitrogen and oxygen atoms in total. The van der Waals surface area contributed by atoms with Crippen LogP contribution < -0.4 is 19.5 Å². The minimum absolute atomic E-state index is 0.171. The van der Waals surface area contributed by atoms with Gasteiger partial charge in [-0.3, -0.25) is 4.79 Å². The van der Waals surface area contributed by atoms with E-state index in [0.717, 1.165) is 5.56 Å². The molecule has 0 fully saturated rings. The second-order valence-electron chi connectivity index (χ2n) is 5.44. The van der Waals surface area contributed by atoms with Crippen molar-refractivity contribution in [2.75, 3.05) is 13.2 Å². The van der Waals surface area contributed by atoms with Gasteiger partial charge in [-0.25, -0.2) is 0 Å². The molecule has 0 bridgehead atoms. The zero-order chi connectivity index (χ0) is 18.1. The first-order chi connectivity index (χ1) is 12.1. The van der Waals surface area contributed by atoms with E-state index in [0.29, 0.717) is 37.0 Å². The molecule has 0 saturated carbocycles. The van der Waals surface area contributed by atoms with Crippen molar-refractivity contribution >= 4 is 5.91 Å². The van der Waals surface area contributed by atoms with Crippen LogP contribution in [0.4, 0.5) is 0 Å². The molecule has 0 radical (unpaired) electrons. The number of carbonyl (C=O) groups excluding carboxylic acids is 1. The normalized spacial score (nSPS) is 11.5. The van der Waals surface area contributed by atoms with Crippen molar-refractivity contribution in [3.8, 4) is 17.2 Å². The Kier molecular flexibility index (Phi) is 7.14. The summed E-state index contributed by atoms with van der Waals surface area (Å²) >= 11 is 0. The second-order valence-corrected chi connectivity index (χ2v) is 5.44. The Balaban J connectivity index is 1.93. The van der Waals surface area contributed by atoms with Gasteiger partial charge in [0, 0.05) is 6.54 Å². The molecule has 0 saturated heterocycles. The molecule has 5 heteroatoms. The Morgan fingerprint density at radius 3 is 2.36 bits per heavy atom. The summed E-state index contributed by atoms with van der Waals surface area (Å²) in [7, 11) is 0. The van der Waals surface area contributed by atoms with Crippen molar-refractivity contribution in [3.05, 3.63) is 54.1 Å². The molecule has 1 amide bonds. The molecule has 134 valence electrons. The molecule has 2 rings (SSSR count). The average molecular weight is 343 g/mol. The predicted octanol–water partition coefficient (Wildman–Crippen LogP) is 3.57. The van der Waals surface area contributed by atoms with Crippen LogP contribution in [0.15, 0.2) is 48.5 Å². The number of nitrogens with one attached hydrogen (secondary N) is 1. The zero-order valence-corrected chi connectivity index (χ0v) is 15.0. The van der Waals surface area contributed by atoms with Gasteiger partial charge in [0.15, 0.2) is 17.6 Å². The lowest BCUT2D eigenvalue weighted by molar-refractivity contribution is -0.127. The highest BCUT2D eigenvalue weighted by molar-refractivity contribution is 5.80.